The average Bonchev–Trinajstić information content (AvgIpc) is 1.90. The van der Waals surface area contributed by atoms with Gasteiger partial charge in [0.1, 0.15) is 5.69 Å². The van der Waals surface area contributed by atoms with Crippen molar-refractivity contribution in [2.45, 2.75) is 0 Å². The Labute approximate surface area is 68.6 Å². The molecule has 0 aliphatic carbocycles. The van der Waals surface area contributed by atoms with Crippen molar-refractivity contribution >= 4 is 5.97 Å². The number of carbonyl (C=O) groups is 1. The molecule has 0 fully saturated rings. The molecule has 10 heavy (non-hydrogen) atoms. The molecule has 4 heteroatoms. The molecule has 0 bridgehead atoms. The molecule has 1 heterocycles. The Kier molecular flexibility index (Phi) is 3.69. The molecule has 0 aliphatic heterocycles. The van der Waals surface area contributed by atoms with Crippen molar-refractivity contribution in [3.63, 3.8) is 0 Å². The van der Waals surface area contributed by atoms with Crippen molar-refractivity contribution in [1.29, 1.82) is 0 Å². The minimum Gasteiger partial charge on any atom is -0.477 e. The van der Waals surface area contributed by atoms with Gasteiger partial charge in [-0.2, -0.15) is 0 Å². The van der Waals surface area contributed by atoms with Crippen molar-refractivity contribution in [3.8, 4) is 0 Å². The maximum Gasteiger partial charge on any atom is 2.00 e. The Bertz CT molecular complexity index is 212. The van der Waals surface area contributed by atoms with Crippen LogP contribution >= 0.6 is 0 Å². The van der Waals surface area contributed by atoms with Crippen molar-refractivity contribution in [1.82, 2.24) is 4.98 Å². The molecule has 0 aromatic carbocycles. The zero-order valence-corrected chi connectivity index (χ0v) is 5.86. The van der Waals surface area contributed by atoms with E-state index < -0.39 is 5.97 Å². The zero-order chi connectivity index (χ0) is 6.69. The summed E-state index contributed by atoms with van der Waals surface area (Å²) in [6.45, 7) is 0. The molecule has 0 saturated carbocycles. The first-order chi connectivity index (χ1) is 4.30. The van der Waals surface area contributed by atoms with Gasteiger partial charge in [-0.05, 0) is 12.1 Å². The Morgan fingerprint density at radius 3 is 2.50 bits per heavy atom. The quantitative estimate of drug-likeness (QED) is 0.660. The van der Waals surface area contributed by atoms with Crippen molar-refractivity contribution < 1.29 is 27.0 Å². The standard InChI is InChI=1S/C6H5NO2.Cu/c8-6(9)5-3-1-2-4-7-5;/h1-4H,(H,8,9);/q;+2. The van der Waals surface area contributed by atoms with Crippen molar-refractivity contribution in [2.75, 3.05) is 0 Å². The molecule has 0 atom stereocenters. The number of rotatable bonds is 1. The fraction of sp³-hybridized carbons (Fsp3) is 0. The van der Waals surface area contributed by atoms with E-state index in [4.69, 9.17) is 5.11 Å². The Hall–Kier alpha value is -0.861. The molecule has 55 valence electrons. The predicted molar refractivity (Wildman–Crippen MR) is 31.2 cm³/mol. The number of aromatic carboxylic acids is 1. The van der Waals surface area contributed by atoms with E-state index in [0.29, 0.717) is 0 Å². The molecule has 0 amide bonds. The maximum atomic E-state index is 10.1. The van der Waals surface area contributed by atoms with Gasteiger partial charge in [-0.25, -0.2) is 9.78 Å². The van der Waals surface area contributed by atoms with Gasteiger partial charge in [0, 0.05) is 6.20 Å². The first-order valence-electron chi connectivity index (χ1n) is 2.45. The van der Waals surface area contributed by atoms with Gasteiger partial charge in [-0.3, -0.25) is 0 Å². The first-order valence-corrected chi connectivity index (χ1v) is 2.45. The SMILES string of the molecule is O=C(O)c1ccccn1.[Cu+2]. The molecule has 1 radical (unpaired) electrons. The largest absolute Gasteiger partial charge is 2.00 e. The third kappa shape index (κ3) is 2.17. The number of hydrogen-bond acceptors (Lipinski definition) is 2. The van der Waals surface area contributed by atoms with Crippen LogP contribution in [0.3, 0.4) is 0 Å². The van der Waals surface area contributed by atoms with E-state index in [1.165, 1.54) is 12.3 Å². The van der Waals surface area contributed by atoms with Crippen LogP contribution in [0.25, 0.3) is 0 Å². The van der Waals surface area contributed by atoms with E-state index in [2.05, 4.69) is 4.98 Å². The van der Waals surface area contributed by atoms with Crippen LogP contribution in [-0.4, -0.2) is 16.1 Å². The van der Waals surface area contributed by atoms with Crippen molar-refractivity contribution in [3.05, 3.63) is 30.1 Å². The molecule has 1 aromatic heterocycles. The predicted octanol–water partition coefficient (Wildman–Crippen LogP) is 0.777. The summed E-state index contributed by atoms with van der Waals surface area (Å²) in [5.41, 5.74) is 0.0810. The van der Waals surface area contributed by atoms with Gasteiger partial charge < -0.3 is 5.11 Å². The molecular formula is C6H5CuNO2+2. The van der Waals surface area contributed by atoms with Gasteiger partial charge in [0.05, 0.1) is 0 Å². The number of carboxylic acid groups (broad SMARTS) is 1. The van der Waals surface area contributed by atoms with Crippen LogP contribution in [0, 0.1) is 0 Å². The molecule has 1 rings (SSSR count). The summed E-state index contributed by atoms with van der Waals surface area (Å²) < 4.78 is 0. The topological polar surface area (TPSA) is 50.2 Å². The first kappa shape index (κ1) is 9.14. The van der Waals surface area contributed by atoms with E-state index in [9.17, 15) is 4.79 Å². The number of aromatic nitrogens is 1. The van der Waals surface area contributed by atoms with E-state index >= 15 is 0 Å². The van der Waals surface area contributed by atoms with E-state index in [-0.39, 0.29) is 22.8 Å². The third-order valence-electron chi connectivity index (χ3n) is 0.884. The van der Waals surface area contributed by atoms with Gasteiger partial charge >= 0.3 is 23.0 Å². The number of carboxylic acids is 1. The van der Waals surface area contributed by atoms with Gasteiger partial charge in [0.25, 0.3) is 0 Å². The van der Waals surface area contributed by atoms with E-state index in [1.807, 2.05) is 0 Å². The molecular weight excluding hydrogens is 182 g/mol. The summed E-state index contributed by atoms with van der Waals surface area (Å²) in [4.78, 5) is 13.7. The number of hydrogen-bond donors (Lipinski definition) is 1. The molecule has 0 unspecified atom stereocenters. The summed E-state index contributed by atoms with van der Waals surface area (Å²) in [5.74, 6) is -0.990. The summed E-state index contributed by atoms with van der Waals surface area (Å²) in [5, 5.41) is 8.32. The van der Waals surface area contributed by atoms with Crippen LogP contribution in [0.1, 0.15) is 10.5 Å². The van der Waals surface area contributed by atoms with Gasteiger partial charge in [-0.15, -0.1) is 0 Å². The van der Waals surface area contributed by atoms with Gasteiger partial charge in [0.15, 0.2) is 0 Å². The Morgan fingerprint density at radius 1 is 1.50 bits per heavy atom. The van der Waals surface area contributed by atoms with Crippen LogP contribution < -0.4 is 0 Å². The van der Waals surface area contributed by atoms with Crippen LogP contribution in [0.15, 0.2) is 24.4 Å². The molecule has 1 aromatic rings. The molecule has 3 nitrogen and oxygen atoms in total. The maximum absolute atomic E-state index is 10.1. The van der Waals surface area contributed by atoms with Gasteiger partial charge in [0.2, 0.25) is 0 Å². The fourth-order valence-corrected chi connectivity index (χ4v) is 0.489. The minimum absolute atomic E-state index is 0. The van der Waals surface area contributed by atoms with Crippen LogP contribution in [0.2, 0.25) is 0 Å². The fourth-order valence-electron chi connectivity index (χ4n) is 0.489. The number of nitrogens with zero attached hydrogens (tertiary/aromatic N) is 1. The zero-order valence-electron chi connectivity index (χ0n) is 4.91. The normalized spacial score (nSPS) is 8.00. The summed E-state index contributed by atoms with van der Waals surface area (Å²) in [6.07, 6.45) is 1.45. The van der Waals surface area contributed by atoms with Crippen LogP contribution in [0.4, 0.5) is 0 Å². The third-order valence-corrected chi connectivity index (χ3v) is 0.884. The van der Waals surface area contributed by atoms with Gasteiger partial charge in [-0.1, -0.05) is 6.07 Å². The second kappa shape index (κ2) is 4.04. The summed E-state index contributed by atoms with van der Waals surface area (Å²) >= 11 is 0. The monoisotopic (exact) mass is 186 g/mol. The average molecular weight is 187 g/mol. The summed E-state index contributed by atoms with van der Waals surface area (Å²) in [7, 11) is 0. The minimum atomic E-state index is -0.990. The smallest absolute Gasteiger partial charge is 0.477 e. The molecule has 0 spiro atoms. The van der Waals surface area contributed by atoms with E-state index in [1.54, 1.807) is 12.1 Å². The van der Waals surface area contributed by atoms with E-state index in [0.717, 1.165) is 0 Å². The second-order valence-corrected chi connectivity index (χ2v) is 1.52. The molecule has 0 saturated heterocycles. The Balaban J connectivity index is 0.000000810. The second-order valence-electron chi connectivity index (χ2n) is 1.52. The number of pyridine rings is 1. The van der Waals surface area contributed by atoms with Crippen LogP contribution in [0.5, 0.6) is 0 Å². The summed E-state index contributed by atoms with van der Waals surface area (Å²) in [6, 6.07) is 4.76. The molecule has 1 N–H and O–H groups in total. The Morgan fingerprint density at radius 2 is 2.20 bits per heavy atom. The van der Waals surface area contributed by atoms with Crippen molar-refractivity contribution in [2.24, 2.45) is 0 Å². The molecule has 0 aliphatic rings. The van der Waals surface area contributed by atoms with Crippen LogP contribution in [-0.2, 0) is 17.1 Å².